The quantitative estimate of drug-likeness (QED) is 0.718. The van der Waals surface area contributed by atoms with Crippen LogP contribution in [0, 0.1) is 5.92 Å². The van der Waals surface area contributed by atoms with Crippen molar-refractivity contribution >= 4 is 11.9 Å². The molecule has 1 aromatic carbocycles. The second kappa shape index (κ2) is 6.99. The average Bonchev–Trinajstić information content (AvgIpc) is 3.20. The van der Waals surface area contributed by atoms with E-state index in [0.717, 1.165) is 12.1 Å². The van der Waals surface area contributed by atoms with E-state index >= 15 is 0 Å². The second-order valence-electron chi connectivity index (χ2n) is 6.20. The van der Waals surface area contributed by atoms with Crippen molar-refractivity contribution in [2.24, 2.45) is 5.92 Å². The molecule has 1 aliphatic rings. The lowest BCUT2D eigenvalue weighted by Crippen LogP contribution is -2.37. The van der Waals surface area contributed by atoms with Gasteiger partial charge in [-0.15, -0.1) is 5.10 Å². The fraction of sp³-hybridized carbons (Fsp3) is 0.375. The van der Waals surface area contributed by atoms with E-state index in [1.54, 1.807) is 0 Å². The number of carboxylic acids is 2. The number of halogens is 3. The lowest BCUT2D eigenvalue weighted by Gasteiger charge is -2.21. The zero-order chi connectivity index (χ0) is 19.8. The Kier molecular flexibility index (Phi) is 4.87. The van der Waals surface area contributed by atoms with Gasteiger partial charge in [-0.2, -0.15) is 13.2 Å². The molecular weight excluding hydrogens is 369 g/mol. The first-order chi connectivity index (χ1) is 12.7. The molecule has 1 saturated heterocycles. The van der Waals surface area contributed by atoms with Gasteiger partial charge in [0.2, 0.25) is 0 Å². The van der Waals surface area contributed by atoms with E-state index in [2.05, 4.69) is 15.6 Å². The van der Waals surface area contributed by atoms with Gasteiger partial charge in [-0.05, 0) is 12.1 Å². The highest BCUT2D eigenvalue weighted by Gasteiger charge is 2.43. The van der Waals surface area contributed by atoms with E-state index in [9.17, 15) is 27.9 Å². The van der Waals surface area contributed by atoms with Crippen molar-refractivity contribution < 1.29 is 33.0 Å². The Balaban J connectivity index is 1.99. The third-order valence-corrected chi connectivity index (χ3v) is 4.52. The molecule has 3 atom stereocenters. The Hall–Kier alpha value is -2.95. The molecule has 3 rings (SSSR count). The van der Waals surface area contributed by atoms with Gasteiger partial charge in [0.05, 0.1) is 29.9 Å². The third-order valence-electron chi connectivity index (χ3n) is 4.52. The van der Waals surface area contributed by atoms with E-state index in [1.165, 1.54) is 23.0 Å². The number of hydrogen-bond acceptors (Lipinski definition) is 5. The van der Waals surface area contributed by atoms with Gasteiger partial charge in [-0.25, -0.2) is 4.68 Å². The molecule has 1 aliphatic heterocycles. The first-order valence-electron chi connectivity index (χ1n) is 7.94. The molecular formula is C16H15F3N4O4. The topological polar surface area (TPSA) is 117 Å². The fourth-order valence-electron chi connectivity index (χ4n) is 3.32. The van der Waals surface area contributed by atoms with Crippen molar-refractivity contribution in [3.05, 3.63) is 36.0 Å². The summed E-state index contributed by atoms with van der Waals surface area (Å²) in [4.78, 5) is 22.6. The van der Waals surface area contributed by atoms with Crippen LogP contribution in [0.25, 0.3) is 11.3 Å². The number of aromatic nitrogens is 3. The minimum Gasteiger partial charge on any atom is -0.481 e. The summed E-state index contributed by atoms with van der Waals surface area (Å²) < 4.78 is 40.2. The zero-order valence-corrected chi connectivity index (χ0v) is 13.7. The number of nitrogens with one attached hydrogen (secondary N) is 1. The Morgan fingerprint density at radius 3 is 2.67 bits per heavy atom. The number of hydrogen-bond donors (Lipinski definition) is 3. The molecule has 27 heavy (non-hydrogen) atoms. The molecule has 8 nitrogen and oxygen atoms in total. The Morgan fingerprint density at radius 1 is 1.30 bits per heavy atom. The van der Waals surface area contributed by atoms with Gasteiger partial charge >= 0.3 is 18.1 Å². The molecule has 0 aliphatic carbocycles. The summed E-state index contributed by atoms with van der Waals surface area (Å²) in [7, 11) is 0. The molecule has 0 spiro atoms. The maximum atomic E-state index is 13.0. The number of benzene rings is 1. The number of carboxylic acid groups (broad SMARTS) is 2. The predicted molar refractivity (Wildman–Crippen MR) is 84.7 cm³/mol. The van der Waals surface area contributed by atoms with Crippen LogP contribution in [0.1, 0.15) is 18.0 Å². The monoisotopic (exact) mass is 384 g/mol. The summed E-state index contributed by atoms with van der Waals surface area (Å²) >= 11 is 0. The van der Waals surface area contributed by atoms with Crippen LogP contribution in [-0.4, -0.2) is 49.7 Å². The van der Waals surface area contributed by atoms with E-state index in [-0.39, 0.29) is 17.8 Å². The minimum absolute atomic E-state index is 0.101. The molecule has 2 heterocycles. The Morgan fingerprint density at radius 2 is 2.04 bits per heavy atom. The maximum Gasteiger partial charge on any atom is 0.416 e. The van der Waals surface area contributed by atoms with Crippen LogP contribution in [0.5, 0.6) is 0 Å². The molecule has 2 aromatic rings. The number of nitrogens with zero attached hydrogens (tertiary/aromatic N) is 3. The first-order valence-corrected chi connectivity index (χ1v) is 7.94. The second-order valence-corrected chi connectivity index (χ2v) is 6.20. The smallest absolute Gasteiger partial charge is 0.416 e. The van der Waals surface area contributed by atoms with E-state index in [1.807, 2.05) is 0 Å². The number of carbonyl (C=O) groups is 2. The van der Waals surface area contributed by atoms with Crippen molar-refractivity contribution in [2.75, 3.05) is 6.54 Å². The van der Waals surface area contributed by atoms with Gasteiger partial charge < -0.3 is 15.5 Å². The molecule has 0 amide bonds. The Labute approximate surface area is 150 Å². The molecule has 3 N–H and O–H groups in total. The highest BCUT2D eigenvalue weighted by atomic mass is 19.4. The predicted octanol–water partition coefficient (Wildman–Crippen LogP) is 1.65. The van der Waals surface area contributed by atoms with Gasteiger partial charge in [-0.3, -0.25) is 9.59 Å². The molecule has 144 valence electrons. The van der Waals surface area contributed by atoms with Crippen LogP contribution < -0.4 is 5.32 Å². The van der Waals surface area contributed by atoms with E-state index < -0.39 is 48.1 Å². The SMILES string of the molecule is O=C(O)C[C@@H]1[C@@H](C(=O)O)NC[C@@H]1n1nncc1-c1cccc(C(F)(F)F)c1. The zero-order valence-electron chi connectivity index (χ0n) is 13.7. The summed E-state index contributed by atoms with van der Waals surface area (Å²) in [5.41, 5.74) is -0.403. The molecule has 1 fully saturated rings. The van der Waals surface area contributed by atoms with Crippen LogP contribution in [0.4, 0.5) is 13.2 Å². The van der Waals surface area contributed by atoms with Crippen molar-refractivity contribution in [3.63, 3.8) is 0 Å². The first kappa shape index (κ1) is 18.8. The summed E-state index contributed by atoms with van der Waals surface area (Å²) in [5.74, 6) is -3.23. The van der Waals surface area contributed by atoms with Crippen LogP contribution >= 0.6 is 0 Å². The van der Waals surface area contributed by atoms with E-state index in [4.69, 9.17) is 5.11 Å². The summed E-state index contributed by atoms with van der Waals surface area (Å²) in [6, 6.07) is 2.78. The van der Waals surface area contributed by atoms with Crippen LogP contribution in [0.3, 0.4) is 0 Å². The van der Waals surface area contributed by atoms with Crippen molar-refractivity contribution in [2.45, 2.75) is 24.7 Å². The van der Waals surface area contributed by atoms with Crippen LogP contribution in [0.15, 0.2) is 30.5 Å². The number of aliphatic carboxylic acids is 2. The lowest BCUT2D eigenvalue weighted by molar-refractivity contribution is -0.142. The molecule has 0 bridgehead atoms. The highest BCUT2D eigenvalue weighted by Crippen LogP contribution is 2.35. The highest BCUT2D eigenvalue weighted by molar-refractivity contribution is 5.76. The molecule has 0 radical (unpaired) electrons. The molecule has 0 saturated carbocycles. The minimum atomic E-state index is -4.52. The normalized spacial score (nSPS) is 22.7. The van der Waals surface area contributed by atoms with Gasteiger partial charge in [0.15, 0.2) is 0 Å². The molecule has 11 heteroatoms. The summed E-state index contributed by atoms with van der Waals surface area (Å²) in [5, 5.41) is 28.7. The van der Waals surface area contributed by atoms with E-state index in [0.29, 0.717) is 0 Å². The summed E-state index contributed by atoms with van der Waals surface area (Å²) in [6.45, 7) is 0.101. The lowest BCUT2D eigenvalue weighted by atomic mass is 9.92. The van der Waals surface area contributed by atoms with Gasteiger partial charge in [0, 0.05) is 18.0 Å². The molecule has 1 aromatic heterocycles. The van der Waals surface area contributed by atoms with Gasteiger partial charge in [0.1, 0.15) is 6.04 Å². The summed E-state index contributed by atoms with van der Waals surface area (Å²) in [6.07, 6.45) is -3.69. The van der Waals surface area contributed by atoms with Crippen LogP contribution in [-0.2, 0) is 15.8 Å². The van der Waals surface area contributed by atoms with Gasteiger partial charge in [0.25, 0.3) is 0 Å². The van der Waals surface area contributed by atoms with Crippen molar-refractivity contribution in [1.82, 2.24) is 20.3 Å². The standard InChI is InChI=1S/C16H15F3N4O4/c17-16(18,19)9-3-1-2-8(4-9)11-7-21-22-23(11)12-6-20-14(15(26)27)10(12)5-13(24)25/h1-4,7,10,12,14,20H,5-6H2,(H,24,25)(H,26,27)/t10-,12-,14-/m0/s1. The third kappa shape index (κ3) is 3.77. The maximum absolute atomic E-state index is 13.0. The number of rotatable bonds is 5. The van der Waals surface area contributed by atoms with Crippen LogP contribution in [0.2, 0.25) is 0 Å². The van der Waals surface area contributed by atoms with Crippen molar-refractivity contribution in [1.29, 1.82) is 0 Å². The fourth-order valence-corrected chi connectivity index (χ4v) is 3.32. The van der Waals surface area contributed by atoms with Crippen molar-refractivity contribution in [3.8, 4) is 11.3 Å². The Bertz CT molecular complexity index is 867. The van der Waals surface area contributed by atoms with Gasteiger partial charge in [-0.1, -0.05) is 17.3 Å². The molecule has 0 unspecified atom stereocenters. The largest absolute Gasteiger partial charge is 0.481 e. The number of alkyl halides is 3. The average molecular weight is 384 g/mol.